The average molecular weight is 1190 g/mol. The van der Waals surface area contributed by atoms with Crippen molar-refractivity contribution in [3.63, 3.8) is 0 Å². The molecule has 480 valence electrons. The number of aliphatic hydroxyl groups excluding tert-OH is 8. The SMILES string of the molecule is CC/C=C\C/C=C\C/C=C\C/C=C\C/C=C\C/C=C\C/C=C\C/C=C\C/C=C\C/C=C\CCCCCCCCC(=O)NC(COC1OC(CO)C(OC2OC(CO)C(O)C(O)C2O)C(O)C1O)C(O)/C=C/CC/C=C/CC/C=C/CCCCCC. The lowest BCUT2D eigenvalue weighted by Gasteiger charge is -2.46. The third-order valence-corrected chi connectivity index (χ3v) is 14.4. The van der Waals surface area contributed by atoms with Crippen LogP contribution < -0.4 is 5.32 Å². The molecule has 2 rings (SSSR count). The molecule has 2 fully saturated rings. The number of hydrogen-bond donors (Lipinski definition) is 9. The molecule has 0 aromatic heterocycles. The molecule has 0 bridgehead atoms. The van der Waals surface area contributed by atoms with Crippen LogP contribution >= 0.6 is 0 Å². The van der Waals surface area contributed by atoms with Gasteiger partial charge in [0.25, 0.3) is 0 Å². The van der Waals surface area contributed by atoms with E-state index in [9.17, 15) is 45.6 Å². The Kier molecular flexibility index (Phi) is 48.6. The molecule has 0 aromatic carbocycles. The standard InChI is InChI=1S/C71H113NO13/c1-3-5-7-9-11-13-15-17-19-20-21-22-23-24-25-26-27-28-29-30-31-32-33-34-35-36-37-38-39-40-41-43-45-47-49-51-53-55-63(76)72-59(60(75)54-52-50-48-46-44-42-18-16-14-12-10-8-6-4-2)58-82-70-68(81)66(79)69(62(57-74)84-70)85-71-67(80)65(78)64(77)61(56-73)83-71/h5,7,11,13-14,16-17,19,21-22,24-25,27-28,30-31,33-34,36-37,39-40,44,46,52,54,59-62,64-71,73-75,77-81H,3-4,6,8-10,12,15,18,20,23,26,29,32,35,38,41-43,45,47-51,53,55-58H2,1-2H3,(H,72,76)/b7-5-,13-11-,16-14+,19-17-,22-21-,25-24-,28-27-,31-30-,34-33-,37-36-,40-39-,46-44+,54-52+. The number of unbranched alkanes of at least 4 members (excludes halogenated alkanes) is 12. The first kappa shape index (κ1) is 76.7. The third-order valence-electron chi connectivity index (χ3n) is 14.4. The zero-order valence-electron chi connectivity index (χ0n) is 51.8. The Labute approximate surface area is 512 Å². The minimum atomic E-state index is -1.80. The number of carbonyl (C=O) groups is 1. The van der Waals surface area contributed by atoms with E-state index in [0.29, 0.717) is 12.8 Å². The Morgan fingerprint density at radius 2 is 0.824 bits per heavy atom. The van der Waals surface area contributed by atoms with Gasteiger partial charge in [-0.15, -0.1) is 0 Å². The first-order chi connectivity index (χ1) is 41.6. The topological polar surface area (TPSA) is 228 Å². The Morgan fingerprint density at radius 3 is 1.29 bits per heavy atom. The Hall–Kier alpha value is -4.39. The summed E-state index contributed by atoms with van der Waals surface area (Å²) in [5.74, 6) is -0.277. The quantitative estimate of drug-likeness (QED) is 0.0204. The second-order valence-electron chi connectivity index (χ2n) is 21.8. The van der Waals surface area contributed by atoms with Gasteiger partial charge in [0, 0.05) is 6.42 Å². The van der Waals surface area contributed by atoms with Crippen LogP contribution in [0.4, 0.5) is 0 Å². The number of aliphatic hydroxyl groups is 8. The normalized spacial score (nSPS) is 24.6. The molecule has 0 aliphatic carbocycles. The maximum atomic E-state index is 13.3. The van der Waals surface area contributed by atoms with Gasteiger partial charge in [0.05, 0.1) is 32.0 Å². The van der Waals surface area contributed by atoms with Crippen molar-refractivity contribution in [3.8, 4) is 0 Å². The summed E-state index contributed by atoms with van der Waals surface area (Å²) in [4.78, 5) is 13.3. The van der Waals surface area contributed by atoms with Gasteiger partial charge in [-0.2, -0.15) is 0 Å². The Bertz CT molecular complexity index is 2030. The van der Waals surface area contributed by atoms with E-state index in [1.165, 1.54) is 25.7 Å². The number of ether oxygens (including phenoxy) is 4. The number of hydrogen-bond acceptors (Lipinski definition) is 13. The van der Waals surface area contributed by atoms with Crippen molar-refractivity contribution in [3.05, 3.63) is 158 Å². The van der Waals surface area contributed by atoms with Crippen molar-refractivity contribution in [2.24, 2.45) is 0 Å². The van der Waals surface area contributed by atoms with Crippen LogP contribution in [0.1, 0.15) is 187 Å². The molecule has 12 atom stereocenters. The molecule has 14 heteroatoms. The van der Waals surface area contributed by atoms with Crippen LogP contribution in [0.2, 0.25) is 0 Å². The number of nitrogens with one attached hydrogen (secondary N) is 1. The fourth-order valence-corrected chi connectivity index (χ4v) is 9.29. The van der Waals surface area contributed by atoms with E-state index in [-0.39, 0.29) is 18.9 Å². The molecule has 85 heavy (non-hydrogen) atoms. The second kappa shape index (κ2) is 53.8. The number of amides is 1. The fourth-order valence-electron chi connectivity index (χ4n) is 9.29. The van der Waals surface area contributed by atoms with Crippen LogP contribution in [0.5, 0.6) is 0 Å². The van der Waals surface area contributed by atoms with Gasteiger partial charge in [0.15, 0.2) is 12.6 Å². The summed E-state index contributed by atoms with van der Waals surface area (Å²) < 4.78 is 22.7. The number of carbonyl (C=O) groups excluding carboxylic acids is 1. The van der Waals surface area contributed by atoms with E-state index in [1.807, 2.05) is 6.08 Å². The molecule has 2 aliphatic heterocycles. The van der Waals surface area contributed by atoms with Gasteiger partial charge in [-0.25, -0.2) is 0 Å². The van der Waals surface area contributed by atoms with E-state index >= 15 is 0 Å². The molecular formula is C71H113NO13. The van der Waals surface area contributed by atoms with Gasteiger partial charge < -0.3 is 65.1 Å². The molecule has 14 nitrogen and oxygen atoms in total. The molecule has 2 saturated heterocycles. The monoisotopic (exact) mass is 1190 g/mol. The van der Waals surface area contributed by atoms with E-state index in [4.69, 9.17) is 18.9 Å². The summed E-state index contributed by atoms with van der Waals surface area (Å²) in [7, 11) is 0. The average Bonchev–Trinajstić information content (AvgIpc) is 3.65. The molecular weight excluding hydrogens is 1070 g/mol. The largest absolute Gasteiger partial charge is 0.394 e. The first-order valence-corrected chi connectivity index (χ1v) is 32.2. The molecule has 1 amide bonds. The summed E-state index contributed by atoms with van der Waals surface area (Å²) in [6.07, 6.45) is 65.8. The fraction of sp³-hybridized carbons (Fsp3) is 0.620. The summed E-state index contributed by atoms with van der Waals surface area (Å²) in [6.45, 7) is 2.59. The lowest BCUT2D eigenvalue weighted by Crippen LogP contribution is -2.65. The van der Waals surface area contributed by atoms with Crippen LogP contribution in [0.25, 0.3) is 0 Å². The van der Waals surface area contributed by atoms with E-state index < -0.39 is 86.8 Å². The predicted octanol–water partition coefficient (Wildman–Crippen LogP) is 12.3. The zero-order valence-corrected chi connectivity index (χ0v) is 51.8. The highest BCUT2D eigenvalue weighted by Gasteiger charge is 2.51. The van der Waals surface area contributed by atoms with Crippen molar-refractivity contribution in [1.82, 2.24) is 5.32 Å². The van der Waals surface area contributed by atoms with Crippen molar-refractivity contribution in [2.75, 3.05) is 19.8 Å². The van der Waals surface area contributed by atoms with E-state index in [2.05, 4.69) is 165 Å². The van der Waals surface area contributed by atoms with Gasteiger partial charge in [0.2, 0.25) is 5.91 Å². The minimum Gasteiger partial charge on any atom is -0.394 e. The maximum Gasteiger partial charge on any atom is 0.220 e. The second-order valence-corrected chi connectivity index (χ2v) is 21.8. The summed E-state index contributed by atoms with van der Waals surface area (Å²) in [6, 6.07) is -0.958. The number of allylic oxidation sites excluding steroid dienone is 25. The van der Waals surface area contributed by atoms with Crippen LogP contribution in [0.15, 0.2) is 158 Å². The Balaban J connectivity index is 1.69. The molecule has 0 aromatic rings. The molecule has 9 N–H and O–H groups in total. The number of rotatable bonds is 49. The predicted molar refractivity (Wildman–Crippen MR) is 345 cm³/mol. The van der Waals surface area contributed by atoms with Gasteiger partial charge >= 0.3 is 0 Å². The van der Waals surface area contributed by atoms with Crippen LogP contribution in [0, 0.1) is 0 Å². The third kappa shape index (κ3) is 38.5. The Morgan fingerprint density at radius 1 is 0.435 bits per heavy atom. The van der Waals surface area contributed by atoms with Gasteiger partial charge in [-0.3, -0.25) is 4.79 Å². The molecule has 2 aliphatic rings. The van der Waals surface area contributed by atoms with Gasteiger partial charge in [-0.05, 0) is 122 Å². The van der Waals surface area contributed by atoms with Crippen molar-refractivity contribution in [2.45, 2.75) is 261 Å². The van der Waals surface area contributed by atoms with Crippen molar-refractivity contribution < 1.29 is 64.6 Å². The summed E-state index contributed by atoms with van der Waals surface area (Å²) in [5.41, 5.74) is 0. The van der Waals surface area contributed by atoms with Crippen LogP contribution in [-0.4, -0.2) is 140 Å². The molecule has 0 radical (unpaired) electrons. The van der Waals surface area contributed by atoms with Gasteiger partial charge in [-0.1, -0.05) is 217 Å². The van der Waals surface area contributed by atoms with Crippen LogP contribution in [-0.2, 0) is 23.7 Å². The lowest BCUT2D eigenvalue weighted by molar-refractivity contribution is -0.359. The lowest BCUT2D eigenvalue weighted by atomic mass is 9.97. The zero-order chi connectivity index (χ0) is 61.6. The van der Waals surface area contributed by atoms with E-state index in [1.54, 1.807) is 6.08 Å². The summed E-state index contributed by atoms with van der Waals surface area (Å²) in [5, 5.41) is 87.1. The highest BCUT2D eigenvalue weighted by molar-refractivity contribution is 5.76. The van der Waals surface area contributed by atoms with Crippen LogP contribution in [0.3, 0.4) is 0 Å². The first-order valence-electron chi connectivity index (χ1n) is 32.2. The van der Waals surface area contributed by atoms with Gasteiger partial charge in [0.1, 0.15) is 48.8 Å². The smallest absolute Gasteiger partial charge is 0.220 e. The van der Waals surface area contributed by atoms with E-state index in [0.717, 1.165) is 128 Å². The maximum absolute atomic E-state index is 13.3. The van der Waals surface area contributed by atoms with Crippen molar-refractivity contribution in [1.29, 1.82) is 0 Å². The highest BCUT2D eigenvalue weighted by Crippen LogP contribution is 2.30. The molecule has 12 unspecified atom stereocenters. The minimum absolute atomic E-state index is 0.241. The molecule has 0 saturated carbocycles. The molecule has 2 heterocycles. The van der Waals surface area contributed by atoms with Crippen molar-refractivity contribution >= 4 is 5.91 Å². The molecule has 0 spiro atoms. The highest BCUT2D eigenvalue weighted by atomic mass is 16.7. The summed E-state index contributed by atoms with van der Waals surface area (Å²) >= 11 is 0.